The summed E-state index contributed by atoms with van der Waals surface area (Å²) in [5.41, 5.74) is 0.679. The molecule has 1 aromatic rings. The Morgan fingerprint density at radius 1 is 1.35 bits per heavy atom. The first-order valence-corrected chi connectivity index (χ1v) is 8.88. The van der Waals surface area contributed by atoms with Crippen LogP contribution in [0.1, 0.15) is 57.2 Å². The van der Waals surface area contributed by atoms with Gasteiger partial charge in [0.1, 0.15) is 0 Å². The zero-order chi connectivity index (χ0) is 14.6. The summed E-state index contributed by atoms with van der Waals surface area (Å²) in [7, 11) is -3.45. The van der Waals surface area contributed by atoms with E-state index in [1.165, 1.54) is 0 Å². The molecular weight excluding hydrogens is 276 g/mol. The summed E-state index contributed by atoms with van der Waals surface area (Å²) >= 11 is 0. The average molecular weight is 300 g/mol. The number of nitrogens with zero attached hydrogens (tertiary/aromatic N) is 1. The van der Waals surface area contributed by atoms with Crippen molar-refractivity contribution < 1.29 is 13.5 Å². The summed E-state index contributed by atoms with van der Waals surface area (Å²) in [6.07, 6.45) is 7.95. The van der Waals surface area contributed by atoms with Gasteiger partial charge in [0.15, 0.2) is 0 Å². The Bertz CT molecular complexity index is 533. The molecule has 2 rings (SSSR count). The van der Waals surface area contributed by atoms with Crippen molar-refractivity contribution in [2.75, 3.05) is 6.54 Å². The topological polar surface area (TPSA) is 71.3 Å². The first kappa shape index (κ1) is 15.5. The highest BCUT2D eigenvalue weighted by molar-refractivity contribution is 7.89. The quantitative estimate of drug-likeness (QED) is 0.687. The van der Waals surface area contributed by atoms with Crippen LogP contribution in [0.3, 0.4) is 0 Å². The van der Waals surface area contributed by atoms with Crippen molar-refractivity contribution >= 4 is 10.0 Å². The van der Waals surface area contributed by atoms with Gasteiger partial charge in [0.05, 0.1) is 11.5 Å². The molecule has 5 nitrogen and oxygen atoms in total. The molecule has 0 radical (unpaired) electrons. The molecule has 0 atom stereocenters. The highest BCUT2D eigenvalue weighted by atomic mass is 32.2. The van der Waals surface area contributed by atoms with Crippen molar-refractivity contribution in [1.82, 2.24) is 9.29 Å². The number of hydrogen-bond acceptors (Lipinski definition) is 3. The van der Waals surface area contributed by atoms with Gasteiger partial charge in [-0.15, -0.1) is 0 Å². The normalized spacial score (nSPS) is 15.7. The van der Waals surface area contributed by atoms with E-state index in [1.54, 1.807) is 12.3 Å². The molecule has 114 valence electrons. The Kier molecular flexibility index (Phi) is 5.23. The molecule has 2 N–H and O–H groups in total. The standard InChI is InChI=1S/C14H24N2O3S/c1-2-3-4-5-8-15-20(18,19)14-9-13(11-17)16(10-14)12-6-7-12/h9-10,12,15,17H,2-8,11H2,1H3. The Morgan fingerprint density at radius 2 is 2.10 bits per heavy atom. The van der Waals surface area contributed by atoms with E-state index in [0.717, 1.165) is 38.5 Å². The van der Waals surface area contributed by atoms with Gasteiger partial charge in [-0.25, -0.2) is 13.1 Å². The Morgan fingerprint density at radius 3 is 2.70 bits per heavy atom. The first-order chi connectivity index (χ1) is 9.58. The molecular formula is C14H24N2O3S. The molecule has 1 fully saturated rings. The lowest BCUT2D eigenvalue weighted by Gasteiger charge is -2.05. The van der Waals surface area contributed by atoms with E-state index in [0.29, 0.717) is 18.3 Å². The third kappa shape index (κ3) is 3.84. The molecule has 0 saturated heterocycles. The van der Waals surface area contributed by atoms with Crippen molar-refractivity contribution in [1.29, 1.82) is 0 Å². The zero-order valence-corrected chi connectivity index (χ0v) is 12.8. The van der Waals surface area contributed by atoms with E-state index >= 15 is 0 Å². The molecule has 1 aliphatic rings. The van der Waals surface area contributed by atoms with Crippen LogP contribution in [0.5, 0.6) is 0 Å². The van der Waals surface area contributed by atoms with E-state index in [-0.39, 0.29) is 11.5 Å². The molecule has 0 bridgehead atoms. The molecule has 0 aromatic carbocycles. The SMILES string of the molecule is CCCCCCNS(=O)(=O)c1cc(CO)n(C2CC2)c1. The maximum atomic E-state index is 12.2. The minimum Gasteiger partial charge on any atom is -0.390 e. The minimum atomic E-state index is -3.45. The largest absolute Gasteiger partial charge is 0.390 e. The van der Waals surface area contributed by atoms with Gasteiger partial charge in [-0.05, 0) is 25.3 Å². The number of sulfonamides is 1. The van der Waals surface area contributed by atoms with E-state index in [2.05, 4.69) is 11.6 Å². The predicted molar refractivity (Wildman–Crippen MR) is 78.0 cm³/mol. The van der Waals surface area contributed by atoms with Gasteiger partial charge in [-0.1, -0.05) is 26.2 Å². The van der Waals surface area contributed by atoms with Gasteiger partial charge in [-0.3, -0.25) is 0 Å². The molecule has 6 heteroatoms. The Balaban J connectivity index is 1.98. The summed E-state index contributed by atoms with van der Waals surface area (Å²) in [5.74, 6) is 0. The van der Waals surface area contributed by atoms with Gasteiger partial charge < -0.3 is 9.67 Å². The van der Waals surface area contributed by atoms with Crippen LogP contribution in [0.25, 0.3) is 0 Å². The minimum absolute atomic E-state index is 0.123. The summed E-state index contributed by atoms with van der Waals surface area (Å²) in [5, 5.41) is 9.31. The Labute approximate surface area is 121 Å². The van der Waals surface area contributed by atoms with Gasteiger partial charge in [0.2, 0.25) is 10.0 Å². The van der Waals surface area contributed by atoms with Crippen LogP contribution in [0.2, 0.25) is 0 Å². The fourth-order valence-corrected chi connectivity index (χ4v) is 3.43. The van der Waals surface area contributed by atoms with Gasteiger partial charge in [-0.2, -0.15) is 0 Å². The lowest BCUT2D eigenvalue weighted by molar-refractivity contribution is 0.270. The molecule has 0 aliphatic heterocycles. The molecule has 1 heterocycles. The number of hydrogen-bond donors (Lipinski definition) is 2. The van der Waals surface area contributed by atoms with Gasteiger partial charge >= 0.3 is 0 Å². The fourth-order valence-electron chi connectivity index (χ4n) is 2.30. The number of aromatic nitrogens is 1. The second-order valence-corrected chi connectivity index (χ2v) is 7.19. The summed E-state index contributed by atoms with van der Waals surface area (Å²) < 4.78 is 28.9. The number of aliphatic hydroxyl groups excluding tert-OH is 1. The first-order valence-electron chi connectivity index (χ1n) is 7.39. The van der Waals surface area contributed by atoms with Crippen LogP contribution < -0.4 is 4.72 Å². The van der Waals surface area contributed by atoms with Crippen molar-refractivity contribution in [3.63, 3.8) is 0 Å². The van der Waals surface area contributed by atoms with Crippen LogP contribution >= 0.6 is 0 Å². The van der Waals surface area contributed by atoms with E-state index in [4.69, 9.17) is 0 Å². The van der Waals surface area contributed by atoms with Gasteiger partial charge in [0, 0.05) is 24.5 Å². The van der Waals surface area contributed by atoms with Crippen LogP contribution in [-0.4, -0.2) is 24.6 Å². The summed E-state index contributed by atoms with van der Waals surface area (Å²) in [6, 6.07) is 1.94. The number of nitrogens with one attached hydrogen (secondary N) is 1. The van der Waals surface area contributed by atoms with Gasteiger partial charge in [0.25, 0.3) is 0 Å². The van der Waals surface area contributed by atoms with Crippen molar-refractivity contribution in [3.05, 3.63) is 18.0 Å². The molecule has 1 aromatic heterocycles. The number of unbranched alkanes of at least 4 members (excludes halogenated alkanes) is 3. The lowest BCUT2D eigenvalue weighted by atomic mass is 10.2. The third-order valence-electron chi connectivity index (χ3n) is 3.64. The highest BCUT2D eigenvalue weighted by Gasteiger charge is 2.27. The number of rotatable bonds is 9. The second kappa shape index (κ2) is 6.74. The van der Waals surface area contributed by atoms with E-state index < -0.39 is 10.0 Å². The Hall–Kier alpha value is -0.850. The third-order valence-corrected chi connectivity index (χ3v) is 5.07. The van der Waals surface area contributed by atoms with Crippen molar-refractivity contribution in [2.45, 2.75) is 63.0 Å². The maximum absolute atomic E-state index is 12.2. The van der Waals surface area contributed by atoms with Crippen LogP contribution in [0, 0.1) is 0 Å². The lowest BCUT2D eigenvalue weighted by Crippen LogP contribution is -2.24. The summed E-state index contributed by atoms with van der Waals surface area (Å²) in [6.45, 7) is 2.48. The molecule has 0 unspecified atom stereocenters. The second-order valence-electron chi connectivity index (χ2n) is 5.42. The molecule has 1 aliphatic carbocycles. The van der Waals surface area contributed by atoms with Crippen LogP contribution in [0.4, 0.5) is 0 Å². The monoisotopic (exact) mass is 300 g/mol. The number of aliphatic hydroxyl groups is 1. The predicted octanol–water partition coefficient (Wildman–Crippen LogP) is 2.17. The van der Waals surface area contributed by atoms with Crippen molar-refractivity contribution in [3.8, 4) is 0 Å². The molecule has 0 amide bonds. The maximum Gasteiger partial charge on any atom is 0.242 e. The molecule has 20 heavy (non-hydrogen) atoms. The van der Waals surface area contributed by atoms with E-state index in [1.807, 2.05) is 4.57 Å². The average Bonchev–Trinajstić information content (AvgIpc) is 3.17. The van der Waals surface area contributed by atoms with E-state index in [9.17, 15) is 13.5 Å². The van der Waals surface area contributed by atoms with Crippen LogP contribution in [0.15, 0.2) is 17.2 Å². The summed E-state index contributed by atoms with van der Waals surface area (Å²) in [4.78, 5) is 0.268. The smallest absolute Gasteiger partial charge is 0.242 e. The highest BCUT2D eigenvalue weighted by Crippen LogP contribution is 2.37. The molecule has 0 spiro atoms. The zero-order valence-electron chi connectivity index (χ0n) is 12.0. The molecule has 1 saturated carbocycles. The van der Waals surface area contributed by atoms with Crippen molar-refractivity contribution in [2.24, 2.45) is 0 Å². The fraction of sp³-hybridized carbons (Fsp3) is 0.714. The van der Waals surface area contributed by atoms with Crippen LogP contribution in [-0.2, 0) is 16.6 Å².